The molecule has 1 saturated carbocycles. The maximum Gasteiger partial charge on any atom is 0.274 e. The van der Waals surface area contributed by atoms with Gasteiger partial charge in [0.25, 0.3) is 5.91 Å². The predicted octanol–water partition coefficient (Wildman–Crippen LogP) is 3.21. The Labute approximate surface area is 211 Å². The molecule has 2 saturated heterocycles. The molecule has 0 spiro atoms. The van der Waals surface area contributed by atoms with Gasteiger partial charge in [-0.15, -0.1) is 0 Å². The monoisotopic (exact) mass is 493 g/mol. The van der Waals surface area contributed by atoms with Gasteiger partial charge in [0, 0.05) is 56.3 Å². The third-order valence-corrected chi connectivity index (χ3v) is 9.16. The van der Waals surface area contributed by atoms with Crippen LogP contribution in [-0.2, 0) is 23.4 Å². The van der Waals surface area contributed by atoms with Crippen LogP contribution >= 0.6 is 0 Å². The normalized spacial score (nSPS) is 25.0. The molecular weight excluding hydrogens is 457 g/mol. The molecule has 8 heteroatoms. The number of rotatable bonds is 4. The summed E-state index contributed by atoms with van der Waals surface area (Å²) in [7, 11) is 0. The predicted molar refractivity (Wildman–Crippen MR) is 134 cm³/mol. The molecule has 2 N–H and O–H groups in total. The van der Waals surface area contributed by atoms with Crippen molar-refractivity contribution in [3.05, 3.63) is 51.8 Å². The number of hydrogen-bond acceptors (Lipinski definition) is 4. The van der Waals surface area contributed by atoms with Crippen LogP contribution in [0, 0.1) is 19.8 Å². The fourth-order valence-corrected chi connectivity index (χ4v) is 6.58. The molecule has 0 unspecified atom stereocenters. The molecule has 192 valence electrons. The van der Waals surface area contributed by atoms with E-state index in [1.807, 2.05) is 36.9 Å². The Balaban J connectivity index is 1.16. The molecule has 6 rings (SSSR count). The molecule has 7 nitrogen and oxygen atoms in total. The molecular formula is C28H36FN5O2. The van der Waals surface area contributed by atoms with E-state index < -0.39 is 5.67 Å². The third kappa shape index (κ3) is 3.94. The molecule has 2 aromatic rings. The van der Waals surface area contributed by atoms with Crippen molar-refractivity contribution in [2.24, 2.45) is 11.7 Å². The Morgan fingerprint density at radius 1 is 1.11 bits per heavy atom. The highest BCUT2D eigenvalue weighted by Crippen LogP contribution is 2.57. The second-order valence-electron chi connectivity index (χ2n) is 11.4. The molecule has 0 radical (unpaired) electrons. The summed E-state index contributed by atoms with van der Waals surface area (Å²) in [5, 5.41) is 4.71. The molecule has 0 bridgehead atoms. The van der Waals surface area contributed by atoms with Gasteiger partial charge in [0.15, 0.2) is 5.69 Å². The SMILES string of the molecule is Cc1cccc(C2(F)CCN(C(=O)Cn3nc(C(=O)N4CCC(N)CC4)c4c3C[C@H]3C[C@@H]43)CC2)c1C. The molecule has 2 atom stereocenters. The molecule has 36 heavy (non-hydrogen) atoms. The summed E-state index contributed by atoms with van der Waals surface area (Å²) in [6, 6.07) is 5.96. The summed E-state index contributed by atoms with van der Waals surface area (Å²) in [4.78, 5) is 30.3. The highest BCUT2D eigenvalue weighted by Gasteiger charge is 2.50. The number of hydrogen-bond donors (Lipinski definition) is 1. The van der Waals surface area contributed by atoms with Gasteiger partial charge < -0.3 is 15.5 Å². The highest BCUT2D eigenvalue weighted by atomic mass is 19.1. The number of aryl methyl sites for hydroxylation is 1. The zero-order valence-electron chi connectivity index (χ0n) is 21.3. The fourth-order valence-electron chi connectivity index (χ4n) is 6.58. The quantitative estimate of drug-likeness (QED) is 0.709. The first-order valence-electron chi connectivity index (χ1n) is 13.4. The topological polar surface area (TPSA) is 84.5 Å². The number of piperidine rings is 2. The number of halogens is 1. The lowest BCUT2D eigenvalue weighted by Crippen LogP contribution is -2.45. The van der Waals surface area contributed by atoms with Crippen molar-refractivity contribution in [3.63, 3.8) is 0 Å². The Hall–Kier alpha value is -2.74. The maximum atomic E-state index is 15.9. The van der Waals surface area contributed by atoms with E-state index in [2.05, 4.69) is 0 Å². The van der Waals surface area contributed by atoms with Crippen LogP contribution in [0.25, 0.3) is 0 Å². The van der Waals surface area contributed by atoms with E-state index in [1.54, 1.807) is 9.58 Å². The van der Waals surface area contributed by atoms with Gasteiger partial charge >= 0.3 is 0 Å². The van der Waals surface area contributed by atoms with Gasteiger partial charge in [-0.1, -0.05) is 18.2 Å². The minimum absolute atomic E-state index is 0.0226. The van der Waals surface area contributed by atoms with Crippen LogP contribution in [0.15, 0.2) is 18.2 Å². The lowest BCUT2D eigenvalue weighted by molar-refractivity contribution is -0.134. The Morgan fingerprint density at radius 3 is 2.56 bits per heavy atom. The Kier molecular flexibility index (Phi) is 5.70. The molecule has 2 amide bonds. The van der Waals surface area contributed by atoms with Gasteiger partial charge in [0.2, 0.25) is 5.91 Å². The minimum Gasteiger partial charge on any atom is -0.341 e. The first-order valence-corrected chi connectivity index (χ1v) is 13.4. The number of benzene rings is 1. The van der Waals surface area contributed by atoms with Gasteiger partial charge in [0.1, 0.15) is 12.2 Å². The number of nitrogens with zero attached hydrogens (tertiary/aromatic N) is 4. The molecule has 3 heterocycles. The summed E-state index contributed by atoms with van der Waals surface area (Å²) < 4.78 is 17.7. The zero-order valence-corrected chi connectivity index (χ0v) is 21.3. The van der Waals surface area contributed by atoms with Gasteiger partial charge in [-0.05, 0) is 68.1 Å². The largest absolute Gasteiger partial charge is 0.341 e. The van der Waals surface area contributed by atoms with E-state index in [1.165, 1.54) is 0 Å². The number of aromatic nitrogens is 2. The number of amides is 2. The summed E-state index contributed by atoms with van der Waals surface area (Å²) in [5.41, 5.74) is 10.1. The first kappa shape index (κ1) is 23.6. The lowest BCUT2D eigenvalue weighted by atomic mass is 9.82. The summed E-state index contributed by atoms with van der Waals surface area (Å²) >= 11 is 0. The van der Waals surface area contributed by atoms with Gasteiger partial charge in [0.05, 0.1) is 0 Å². The molecule has 1 aromatic heterocycles. The van der Waals surface area contributed by atoms with E-state index in [0.29, 0.717) is 56.6 Å². The Morgan fingerprint density at radius 2 is 1.83 bits per heavy atom. The van der Waals surface area contributed by atoms with Crippen molar-refractivity contribution in [1.29, 1.82) is 0 Å². The molecule has 2 aliphatic carbocycles. The number of fused-ring (bicyclic) bond motifs is 3. The van der Waals surface area contributed by atoms with Crippen molar-refractivity contribution >= 4 is 11.8 Å². The van der Waals surface area contributed by atoms with Crippen LogP contribution in [0.5, 0.6) is 0 Å². The lowest BCUT2D eigenvalue weighted by Gasteiger charge is -2.37. The number of likely N-dealkylation sites (tertiary alicyclic amines) is 2. The summed E-state index contributed by atoms with van der Waals surface area (Å²) in [6.45, 7) is 6.19. The van der Waals surface area contributed by atoms with E-state index in [9.17, 15) is 9.59 Å². The van der Waals surface area contributed by atoms with Gasteiger partial charge in [-0.2, -0.15) is 5.10 Å². The average Bonchev–Trinajstić information content (AvgIpc) is 3.39. The van der Waals surface area contributed by atoms with Crippen molar-refractivity contribution in [2.75, 3.05) is 26.2 Å². The zero-order chi connectivity index (χ0) is 25.2. The summed E-state index contributed by atoms with van der Waals surface area (Å²) in [6.07, 6.45) is 4.22. The van der Waals surface area contributed by atoms with Crippen LogP contribution in [-0.4, -0.2) is 63.6 Å². The third-order valence-electron chi connectivity index (χ3n) is 9.16. The maximum absolute atomic E-state index is 15.9. The van der Waals surface area contributed by atoms with Crippen LogP contribution in [0.2, 0.25) is 0 Å². The van der Waals surface area contributed by atoms with E-state index in [0.717, 1.165) is 53.6 Å². The first-order chi connectivity index (χ1) is 17.2. The summed E-state index contributed by atoms with van der Waals surface area (Å²) in [5.74, 6) is 0.924. The number of carbonyl (C=O) groups is 2. The second kappa shape index (κ2) is 8.68. The standard InChI is InChI=1S/C28H36FN5O2/c1-17-4-3-5-22(18(17)2)28(29)8-12-32(13-9-28)24(35)16-34-23-15-19-14-21(19)25(23)26(31-34)27(36)33-10-6-20(30)7-11-33/h3-5,19-21H,6-16,30H2,1-2H3/t19-,21-/m1/s1. The average molecular weight is 494 g/mol. The van der Waals surface area contributed by atoms with Crippen LogP contribution in [0.3, 0.4) is 0 Å². The van der Waals surface area contributed by atoms with Crippen molar-refractivity contribution in [1.82, 2.24) is 19.6 Å². The number of alkyl halides is 1. The fraction of sp³-hybridized carbons (Fsp3) is 0.607. The second-order valence-corrected chi connectivity index (χ2v) is 11.4. The van der Waals surface area contributed by atoms with Crippen LogP contribution in [0.4, 0.5) is 4.39 Å². The van der Waals surface area contributed by atoms with Crippen molar-refractivity contribution in [2.45, 2.75) is 76.5 Å². The van der Waals surface area contributed by atoms with E-state index in [4.69, 9.17) is 10.8 Å². The van der Waals surface area contributed by atoms with Gasteiger partial charge in [-0.3, -0.25) is 14.3 Å². The van der Waals surface area contributed by atoms with Gasteiger partial charge in [-0.25, -0.2) is 4.39 Å². The number of carbonyl (C=O) groups excluding carboxylic acids is 2. The van der Waals surface area contributed by atoms with E-state index in [-0.39, 0.29) is 24.4 Å². The molecule has 1 aromatic carbocycles. The van der Waals surface area contributed by atoms with Crippen molar-refractivity contribution in [3.8, 4) is 0 Å². The van der Waals surface area contributed by atoms with E-state index >= 15 is 4.39 Å². The molecule has 2 aliphatic heterocycles. The number of nitrogens with two attached hydrogens (primary N) is 1. The molecule has 4 aliphatic rings. The highest BCUT2D eigenvalue weighted by molar-refractivity contribution is 5.95. The van der Waals surface area contributed by atoms with Crippen molar-refractivity contribution < 1.29 is 14.0 Å². The molecule has 3 fully saturated rings. The minimum atomic E-state index is -1.41. The van der Waals surface area contributed by atoms with Crippen LogP contribution < -0.4 is 5.73 Å². The smallest absolute Gasteiger partial charge is 0.274 e. The Bertz CT molecular complexity index is 1210. The van der Waals surface area contributed by atoms with Crippen LogP contribution in [0.1, 0.15) is 76.5 Å².